The van der Waals surface area contributed by atoms with Crippen LogP contribution in [0.15, 0.2) is 12.2 Å². The Bertz CT molecular complexity index is 180. The van der Waals surface area contributed by atoms with Crippen LogP contribution in [0.4, 0.5) is 0 Å². The lowest BCUT2D eigenvalue weighted by Gasteiger charge is -2.09. The van der Waals surface area contributed by atoms with Crippen molar-refractivity contribution < 1.29 is 15.0 Å². The van der Waals surface area contributed by atoms with Gasteiger partial charge in [-0.3, -0.25) is 0 Å². The van der Waals surface area contributed by atoms with Gasteiger partial charge in [0.25, 0.3) is 0 Å². The van der Waals surface area contributed by atoms with Gasteiger partial charge >= 0.3 is 5.97 Å². The number of aliphatic hydroxyl groups is 1. The van der Waals surface area contributed by atoms with E-state index in [2.05, 4.69) is 11.9 Å². The molecule has 0 aromatic rings. The van der Waals surface area contributed by atoms with Crippen LogP contribution < -0.4 is 5.32 Å². The first-order valence-corrected chi connectivity index (χ1v) is 4.37. The summed E-state index contributed by atoms with van der Waals surface area (Å²) in [6, 6.07) is 0. The molecule has 0 aliphatic heterocycles. The lowest BCUT2D eigenvalue weighted by Crippen LogP contribution is -2.29. The summed E-state index contributed by atoms with van der Waals surface area (Å²) in [5.41, 5.74) is 0.115. The van der Waals surface area contributed by atoms with E-state index in [0.717, 1.165) is 12.8 Å². The number of carboxylic acid groups (broad SMARTS) is 1. The molecule has 0 aromatic carbocycles. The molecule has 0 aliphatic carbocycles. The van der Waals surface area contributed by atoms with Crippen LogP contribution in [-0.4, -0.2) is 35.4 Å². The lowest BCUT2D eigenvalue weighted by molar-refractivity contribution is -0.132. The zero-order valence-corrected chi connectivity index (χ0v) is 7.92. The van der Waals surface area contributed by atoms with Crippen LogP contribution in [0.3, 0.4) is 0 Å². The number of hydrogen-bond donors (Lipinski definition) is 3. The van der Waals surface area contributed by atoms with Crippen molar-refractivity contribution >= 4 is 5.97 Å². The minimum absolute atomic E-state index is 0.115. The zero-order chi connectivity index (χ0) is 10.3. The summed E-state index contributed by atoms with van der Waals surface area (Å²) in [5, 5.41) is 20.5. The molecule has 1 unspecified atom stereocenters. The molecule has 0 aliphatic rings. The van der Waals surface area contributed by atoms with E-state index in [1.807, 2.05) is 6.92 Å². The summed E-state index contributed by atoms with van der Waals surface area (Å²) in [6.07, 6.45) is 1.25. The molecule has 0 fully saturated rings. The van der Waals surface area contributed by atoms with Gasteiger partial charge in [-0.1, -0.05) is 19.9 Å². The molecular formula is C9H17NO3. The van der Waals surface area contributed by atoms with Crippen LogP contribution >= 0.6 is 0 Å². The van der Waals surface area contributed by atoms with Gasteiger partial charge in [0.15, 0.2) is 0 Å². The van der Waals surface area contributed by atoms with Gasteiger partial charge in [-0.15, -0.1) is 0 Å². The minimum atomic E-state index is -1.00. The molecule has 3 N–H and O–H groups in total. The molecule has 76 valence electrons. The summed E-state index contributed by atoms with van der Waals surface area (Å²) in [6.45, 7) is 5.97. The third kappa shape index (κ3) is 6.31. The maximum absolute atomic E-state index is 10.3. The average molecular weight is 187 g/mol. The van der Waals surface area contributed by atoms with Crippen molar-refractivity contribution in [2.24, 2.45) is 0 Å². The number of carbonyl (C=O) groups is 1. The Hall–Kier alpha value is -0.870. The molecular weight excluding hydrogens is 170 g/mol. The Morgan fingerprint density at radius 3 is 2.69 bits per heavy atom. The number of hydrogen-bond acceptors (Lipinski definition) is 3. The topological polar surface area (TPSA) is 69.6 Å². The van der Waals surface area contributed by atoms with Crippen LogP contribution in [-0.2, 0) is 4.79 Å². The fraction of sp³-hybridized carbons (Fsp3) is 0.667. The second kappa shape index (κ2) is 6.62. The maximum atomic E-state index is 10.3. The Balaban J connectivity index is 3.44. The van der Waals surface area contributed by atoms with Gasteiger partial charge in [0.1, 0.15) is 0 Å². The van der Waals surface area contributed by atoms with Gasteiger partial charge in [0.05, 0.1) is 6.10 Å². The molecule has 0 aromatic heterocycles. The number of nitrogens with one attached hydrogen (secondary N) is 1. The average Bonchev–Trinajstić information content (AvgIpc) is 2.04. The predicted molar refractivity (Wildman–Crippen MR) is 50.6 cm³/mol. The maximum Gasteiger partial charge on any atom is 0.332 e. The quantitative estimate of drug-likeness (QED) is 0.504. The molecule has 0 radical (unpaired) electrons. The molecule has 0 spiro atoms. The molecule has 0 amide bonds. The third-order valence-corrected chi connectivity index (χ3v) is 1.64. The largest absolute Gasteiger partial charge is 0.478 e. The van der Waals surface area contributed by atoms with Crippen molar-refractivity contribution in [1.82, 2.24) is 5.32 Å². The summed E-state index contributed by atoms with van der Waals surface area (Å²) in [4.78, 5) is 10.3. The second-order valence-corrected chi connectivity index (χ2v) is 2.98. The fourth-order valence-electron chi connectivity index (χ4n) is 0.901. The van der Waals surface area contributed by atoms with E-state index in [1.165, 1.54) is 0 Å². The van der Waals surface area contributed by atoms with Gasteiger partial charge in [-0.05, 0) is 6.42 Å². The molecule has 0 heterocycles. The molecule has 13 heavy (non-hydrogen) atoms. The first-order chi connectivity index (χ1) is 6.07. The van der Waals surface area contributed by atoms with Gasteiger partial charge in [0, 0.05) is 18.7 Å². The lowest BCUT2D eigenvalue weighted by atomic mass is 10.2. The molecule has 4 heteroatoms. The highest BCUT2D eigenvalue weighted by Gasteiger charge is 2.05. The van der Waals surface area contributed by atoms with Gasteiger partial charge < -0.3 is 15.5 Å². The number of rotatable bonds is 7. The van der Waals surface area contributed by atoms with Crippen LogP contribution in [0.2, 0.25) is 0 Å². The van der Waals surface area contributed by atoms with Crippen molar-refractivity contribution in [3.63, 3.8) is 0 Å². The van der Waals surface area contributed by atoms with Crippen LogP contribution in [0.1, 0.15) is 19.8 Å². The van der Waals surface area contributed by atoms with Gasteiger partial charge in [-0.2, -0.15) is 0 Å². The first-order valence-electron chi connectivity index (χ1n) is 4.37. The van der Waals surface area contributed by atoms with E-state index in [1.54, 1.807) is 0 Å². The van der Waals surface area contributed by atoms with Crippen molar-refractivity contribution in [3.05, 3.63) is 12.2 Å². The van der Waals surface area contributed by atoms with E-state index in [0.29, 0.717) is 6.54 Å². The fourth-order valence-corrected chi connectivity index (χ4v) is 0.901. The summed E-state index contributed by atoms with van der Waals surface area (Å²) >= 11 is 0. The standard InChI is InChI=1S/C9H17NO3/c1-3-4-8(11)6-10-5-7(2)9(12)13/h8,10-11H,2-6H2,1H3,(H,12,13). The normalized spacial score (nSPS) is 12.5. The first kappa shape index (κ1) is 12.1. The molecule has 0 rings (SSSR count). The van der Waals surface area contributed by atoms with E-state index in [4.69, 9.17) is 5.11 Å². The highest BCUT2D eigenvalue weighted by atomic mass is 16.4. The monoisotopic (exact) mass is 187 g/mol. The Morgan fingerprint density at radius 1 is 1.62 bits per heavy atom. The van der Waals surface area contributed by atoms with Crippen molar-refractivity contribution in [1.29, 1.82) is 0 Å². The van der Waals surface area contributed by atoms with Gasteiger partial charge in [0.2, 0.25) is 0 Å². The van der Waals surface area contributed by atoms with E-state index in [9.17, 15) is 9.90 Å². The Labute approximate surface area is 78.3 Å². The highest BCUT2D eigenvalue weighted by molar-refractivity contribution is 5.86. The van der Waals surface area contributed by atoms with E-state index < -0.39 is 12.1 Å². The third-order valence-electron chi connectivity index (χ3n) is 1.64. The SMILES string of the molecule is C=C(CNCC(O)CCC)C(=O)O. The molecule has 0 bridgehead atoms. The van der Waals surface area contributed by atoms with Gasteiger partial charge in [-0.25, -0.2) is 4.79 Å². The molecule has 0 saturated heterocycles. The number of carboxylic acids is 1. The summed E-state index contributed by atoms with van der Waals surface area (Å²) < 4.78 is 0. The zero-order valence-electron chi connectivity index (χ0n) is 7.92. The number of aliphatic carboxylic acids is 1. The van der Waals surface area contributed by atoms with Crippen molar-refractivity contribution in [2.75, 3.05) is 13.1 Å². The molecule has 4 nitrogen and oxygen atoms in total. The van der Waals surface area contributed by atoms with Crippen LogP contribution in [0.5, 0.6) is 0 Å². The Morgan fingerprint density at radius 2 is 2.23 bits per heavy atom. The summed E-state index contributed by atoms with van der Waals surface area (Å²) in [5.74, 6) is -1.00. The molecule has 0 saturated carbocycles. The molecule has 1 atom stereocenters. The summed E-state index contributed by atoms with van der Waals surface area (Å²) in [7, 11) is 0. The predicted octanol–water partition coefficient (Wildman–Crippen LogP) is 0.378. The highest BCUT2D eigenvalue weighted by Crippen LogP contribution is 1.94. The van der Waals surface area contributed by atoms with Crippen molar-refractivity contribution in [2.45, 2.75) is 25.9 Å². The number of aliphatic hydroxyl groups excluding tert-OH is 1. The van der Waals surface area contributed by atoms with Crippen molar-refractivity contribution in [3.8, 4) is 0 Å². The second-order valence-electron chi connectivity index (χ2n) is 2.98. The smallest absolute Gasteiger partial charge is 0.332 e. The van der Waals surface area contributed by atoms with Crippen LogP contribution in [0, 0.1) is 0 Å². The Kier molecular flexibility index (Phi) is 6.18. The minimum Gasteiger partial charge on any atom is -0.478 e. The van der Waals surface area contributed by atoms with E-state index >= 15 is 0 Å². The van der Waals surface area contributed by atoms with Crippen LogP contribution in [0.25, 0.3) is 0 Å². The van der Waals surface area contributed by atoms with E-state index in [-0.39, 0.29) is 12.1 Å².